The van der Waals surface area contributed by atoms with Crippen LogP contribution in [0.5, 0.6) is 0 Å². The first-order valence-corrected chi connectivity index (χ1v) is 4.75. The van der Waals surface area contributed by atoms with Crippen LogP contribution in [0, 0.1) is 5.92 Å². The average Bonchev–Trinajstić information content (AvgIpc) is 2.27. The third-order valence-electron chi connectivity index (χ3n) is 2.56. The van der Waals surface area contributed by atoms with Crippen molar-refractivity contribution in [3.05, 3.63) is 35.8 Å². The fraction of sp³-hybridized carbons (Fsp3) is 0.364. The number of carbonyl (C=O) groups is 1. The van der Waals surface area contributed by atoms with E-state index < -0.39 is 0 Å². The number of amides is 1. The summed E-state index contributed by atoms with van der Waals surface area (Å²) in [4.78, 5) is 11.4. The molecule has 0 saturated heterocycles. The first kappa shape index (κ1) is 9.83. The lowest BCUT2D eigenvalue weighted by atomic mass is 9.91. The maximum atomic E-state index is 11.4. The van der Waals surface area contributed by atoms with Gasteiger partial charge in [0, 0.05) is 5.92 Å². The second-order valence-electron chi connectivity index (χ2n) is 3.44. The summed E-state index contributed by atoms with van der Waals surface area (Å²) in [6.45, 7) is 0. The molecule has 80 valence electrons. The Morgan fingerprint density at radius 1 is 1.27 bits per heavy atom. The van der Waals surface area contributed by atoms with E-state index >= 15 is 0 Å². The van der Waals surface area contributed by atoms with Gasteiger partial charge in [0.25, 0.3) is 5.91 Å². The minimum absolute atomic E-state index is 0.00954. The van der Waals surface area contributed by atoms with Crippen LogP contribution in [0.3, 0.4) is 0 Å². The lowest BCUT2D eigenvalue weighted by Crippen LogP contribution is -2.43. The summed E-state index contributed by atoms with van der Waals surface area (Å²) in [6, 6.07) is 0.00954. The summed E-state index contributed by atoms with van der Waals surface area (Å²) in [5.41, 5.74) is 0. The molecule has 1 aliphatic carbocycles. The second-order valence-corrected chi connectivity index (χ2v) is 3.44. The quantitative estimate of drug-likeness (QED) is 0.726. The van der Waals surface area contributed by atoms with Gasteiger partial charge >= 0.3 is 0 Å². The summed E-state index contributed by atoms with van der Waals surface area (Å²) in [5.74, 6) is 1.10. The molecule has 2 aliphatic rings. The van der Waals surface area contributed by atoms with E-state index in [2.05, 4.69) is 5.32 Å². The van der Waals surface area contributed by atoms with Crippen molar-refractivity contribution >= 4 is 5.91 Å². The van der Waals surface area contributed by atoms with Crippen LogP contribution in [0.4, 0.5) is 0 Å². The van der Waals surface area contributed by atoms with Gasteiger partial charge in [-0.25, -0.2) is 0 Å². The number of methoxy groups -OCH3 is 2. The molecule has 1 amide bonds. The summed E-state index contributed by atoms with van der Waals surface area (Å²) >= 11 is 0. The summed E-state index contributed by atoms with van der Waals surface area (Å²) in [5, 5.41) is 2.84. The SMILES string of the molecule is COC1=CC2C=C(OC)C(=O)NC2C=C1. The van der Waals surface area contributed by atoms with Crippen molar-refractivity contribution < 1.29 is 14.3 Å². The minimum atomic E-state index is -0.169. The maximum Gasteiger partial charge on any atom is 0.286 e. The first-order valence-electron chi connectivity index (χ1n) is 4.75. The van der Waals surface area contributed by atoms with Crippen LogP contribution in [-0.2, 0) is 14.3 Å². The predicted molar refractivity (Wildman–Crippen MR) is 54.7 cm³/mol. The topological polar surface area (TPSA) is 47.6 Å². The van der Waals surface area contributed by atoms with E-state index in [1.165, 1.54) is 7.11 Å². The number of ether oxygens (including phenoxy) is 2. The van der Waals surface area contributed by atoms with Crippen LogP contribution in [0.2, 0.25) is 0 Å². The highest BCUT2D eigenvalue weighted by Crippen LogP contribution is 2.24. The van der Waals surface area contributed by atoms with Crippen molar-refractivity contribution in [2.45, 2.75) is 6.04 Å². The third-order valence-corrected chi connectivity index (χ3v) is 2.56. The Bertz CT molecular complexity index is 368. The van der Waals surface area contributed by atoms with Crippen LogP contribution in [0.25, 0.3) is 0 Å². The predicted octanol–water partition coefficient (Wildman–Crippen LogP) is 0.731. The van der Waals surface area contributed by atoms with Crippen LogP contribution < -0.4 is 5.32 Å². The number of fused-ring (bicyclic) bond motifs is 1. The summed E-state index contributed by atoms with van der Waals surface area (Å²) in [7, 11) is 3.12. The number of hydrogen-bond donors (Lipinski definition) is 1. The Morgan fingerprint density at radius 3 is 2.73 bits per heavy atom. The van der Waals surface area contributed by atoms with E-state index in [4.69, 9.17) is 9.47 Å². The van der Waals surface area contributed by atoms with Crippen molar-refractivity contribution in [1.82, 2.24) is 5.32 Å². The van der Waals surface area contributed by atoms with Crippen LogP contribution in [0.1, 0.15) is 0 Å². The van der Waals surface area contributed by atoms with E-state index in [1.807, 2.05) is 24.3 Å². The molecule has 0 radical (unpaired) electrons. The highest BCUT2D eigenvalue weighted by Gasteiger charge is 2.29. The molecular formula is C11H13NO3. The molecule has 0 aromatic carbocycles. The second kappa shape index (κ2) is 3.81. The fourth-order valence-electron chi connectivity index (χ4n) is 1.74. The smallest absolute Gasteiger partial charge is 0.286 e. The molecule has 0 saturated carbocycles. The van der Waals surface area contributed by atoms with Crippen molar-refractivity contribution in [3.8, 4) is 0 Å². The van der Waals surface area contributed by atoms with Gasteiger partial charge in [0.05, 0.1) is 20.3 Å². The molecule has 15 heavy (non-hydrogen) atoms. The van der Waals surface area contributed by atoms with E-state index in [-0.39, 0.29) is 17.9 Å². The van der Waals surface area contributed by atoms with Gasteiger partial charge in [0.1, 0.15) is 5.76 Å². The van der Waals surface area contributed by atoms with E-state index in [9.17, 15) is 4.79 Å². The highest BCUT2D eigenvalue weighted by molar-refractivity contribution is 5.93. The van der Waals surface area contributed by atoms with Crippen LogP contribution in [0.15, 0.2) is 35.8 Å². The highest BCUT2D eigenvalue weighted by atomic mass is 16.5. The molecule has 4 nitrogen and oxygen atoms in total. The molecule has 0 fully saturated rings. The molecule has 1 aliphatic heterocycles. The molecule has 1 N–H and O–H groups in total. The van der Waals surface area contributed by atoms with Gasteiger partial charge in [0.2, 0.25) is 0 Å². The van der Waals surface area contributed by atoms with E-state index in [1.54, 1.807) is 7.11 Å². The Morgan fingerprint density at radius 2 is 2.07 bits per heavy atom. The molecular weight excluding hydrogens is 194 g/mol. The number of carbonyl (C=O) groups excluding carboxylic acids is 1. The molecule has 0 aromatic rings. The van der Waals surface area contributed by atoms with E-state index in [0.29, 0.717) is 5.76 Å². The van der Waals surface area contributed by atoms with Crippen LogP contribution >= 0.6 is 0 Å². The lowest BCUT2D eigenvalue weighted by molar-refractivity contribution is -0.121. The van der Waals surface area contributed by atoms with Gasteiger partial charge in [-0.05, 0) is 18.2 Å². The monoisotopic (exact) mass is 207 g/mol. The number of hydrogen-bond acceptors (Lipinski definition) is 3. The first-order chi connectivity index (χ1) is 7.24. The maximum absolute atomic E-state index is 11.4. The van der Waals surface area contributed by atoms with Gasteiger partial charge in [-0.3, -0.25) is 4.79 Å². The number of allylic oxidation sites excluding steroid dienone is 1. The Labute approximate surface area is 88.2 Å². The Kier molecular flexibility index (Phi) is 2.49. The average molecular weight is 207 g/mol. The van der Waals surface area contributed by atoms with Crippen molar-refractivity contribution in [1.29, 1.82) is 0 Å². The zero-order chi connectivity index (χ0) is 10.8. The molecule has 2 rings (SSSR count). The van der Waals surface area contributed by atoms with Crippen molar-refractivity contribution in [3.63, 3.8) is 0 Å². The molecule has 2 unspecified atom stereocenters. The number of nitrogens with one attached hydrogen (secondary N) is 1. The fourth-order valence-corrected chi connectivity index (χ4v) is 1.74. The molecule has 1 heterocycles. The standard InChI is InChI=1S/C11H13NO3/c1-14-8-3-4-9-7(5-8)6-10(15-2)11(13)12-9/h3-7,9H,1-2H3,(H,12,13). The van der Waals surface area contributed by atoms with Gasteiger partial charge < -0.3 is 14.8 Å². The van der Waals surface area contributed by atoms with Crippen molar-refractivity contribution in [2.75, 3.05) is 14.2 Å². The minimum Gasteiger partial charge on any atom is -0.497 e. The molecule has 4 heteroatoms. The molecule has 0 spiro atoms. The van der Waals surface area contributed by atoms with Gasteiger partial charge in [0.15, 0.2) is 5.76 Å². The summed E-state index contributed by atoms with van der Waals surface area (Å²) in [6.07, 6.45) is 7.55. The van der Waals surface area contributed by atoms with Crippen molar-refractivity contribution in [2.24, 2.45) is 5.92 Å². The zero-order valence-electron chi connectivity index (χ0n) is 8.69. The molecule has 2 atom stereocenters. The normalized spacial score (nSPS) is 28.5. The molecule has 0 aromatic heterocycles. The largest absolute Gasteiger partial charge is 0.497 e. The Hall–Kier alpha value is -1.71. The Balaban J connectivity index is 2.27. The van der Waals surface area contributed by atoms with Gasteiger partial charge in [-0.15, -0.1) is 0 Å². The van der Waals surface area contributed by atoms with Gasteiger partial charge in [-0.1, -0.05) is 6.08 Å². The number of rotatable bonds is 2. The van der Waals surface area contributed by atoms with Gasteiger partial charge in [-0.2, -0.15) is 0 Å². The summed E-state index contributed by atoms with van der Waals surface area (Å²) < 4.78 is 10.1. The third kappa shape index (κ3) is 1.75. The lowest BCUT2D eigenvalue weighted by Gasteiger charge is -2.28. The van der Waals surface area contributed by atoms with Crippen LogP contribution in [-0.4, -0.2) is 26.2 Å². The van der Waals surface area contributed by atoms with E-state index in [0.717, 1.165) is 5.76 Å². The zero-order valence-corrected chi connectivity index (χ0v) is 8.69. The molecule has 0 bridgehead atoms.